The van der Waals surface area contributed by atoms with Gasteiger partial charge in [-0.1, -0.05) is 17.7 Å². The Morgan fingerprint density at radius 1 is 1.35 bits per heavy atom. The van der Waals surface area contributed by atoms with Crippen LogP contribution in [-0.2, 0) is 0 Å². The van der Waals surface area contributed by atoms with Crippen LogP contribution < -0.4 is 5.56 Å². The minimum atomic E-state index is -0.610. The van der Waals surface area contributed by atoms with Crippen LogP contribution in [-0.4, -0.2) is 9.78 Å². The summed E-state index contributed by atoms with van der Waals surface area (Å²) in [6.45, 7) is 0. The van der Waals surface area contributed by atoms with Crippen molar-refractivity contribution in [2.24, 2.45) is 0 Å². The normalized spacial score (nSPS) is 10.6. The van der Waals surface area contributed by atoms with Crippen LogP contribution in [0.25, 0.3) is 5.69 Å². The van der Waals surface area contributed by atoms with Crippen molar-refractivity contribution in [3.05, 3.63) is 54.5 Å². The Kier molecular flexibility index (Phi) is 3.65. The minimum absolute atomic E-state index is 0.0626. The molecule has 0 saturated carbocycles. The highest BCUT2D eigenvalue weighted by Crippen LogP contribution is 2.23. The lowest BCUT2D eigenvalue weighted by molar-refractivity contribution is 0.604. The van der Waals surface area contributed by atoms with Gasteiger partial charge < -0.3 is 0 Å². The quantitative estimate of drug-likeness (QED) is 0.756. The molecule has 0 bridgehead atoms. The van der Waals surface area contributed by atoms with Gasteiger partial charge in [0.15, 0.2) is 5.82 Å². The number of aromatic nitrogens is 2. The van der Waals surface area contributed by atoms with Crippen LogP contribution in [0.2, 0.25) is 5.02 Å². The molecule has 0 radical (unpaired) electrons. The third-order valence-electron chi connectivity index (χ3n) is 2.03. The van der Waals surface area contributed by atoms with Gasteiger partial charge in [0, 0.05) is 0 Å². The highest BCUT2D eigenvalue weighted by Gasteiger charge is 2.14. The molecule has 0 fully saturated rings. The Morgan fingerprint density at radius 2 is 2.06 bits per heavy atom. The molecule has 0 saturated heterocycles. The van der Waals surface area contributed by atoms with Crippen molar-refractivity contribution < 1.29 is 4.39 Å². The highest BCUT2D eigenvalue weighted by atomic mass is 79.9. The molecule has 0 atom stereocenters. The zero-order valence-electron chi connectivity index (χ0n) is 8.12. The summed E-state index contributed by atoms with van der Waals surface area (Å²) in [7, 11) is 0. The topological polar surface area (TPSA) is 34.9 Å². The van der Waals surface area contributed by atoms with Crippen molar-refractivity contribution in [2.45, 2.75) is 0 Å². The second kappa shape index (κ2) is 4.88. The lowest BCUT2D eigenvalue weighted by Crippen LogP contribution is -2.23. The first-order valence-corrected chi connectivity index (χ1v) is 6.36. The zero-order valence-corrected chi connectivity index (χ0v) is 12.1. The van der Waals surface area contributed by atoms with E-state index in [4.69, 9.17) is 11.6 Å². The Labute approximate surface area is 117 Å². The van der Waals surface area contributed by atoms with Crippen LogP contribution in [0.3, 0.4) is 0 Å². The van der Waals surface area contributed by atoms with Gasteiger partial charge in [0.2, 0.25) is 0 Å². The molecule has 2 aromatic rings. The number of rotatable bonds is 1. The lowest BCUT2D eigenvalue weighted by Gasteiger charge is -2.08. The second-order valence-electron chi connectivity index (χ2n) is 3.09. The van der Waals surface area contributed by atoms with Crippen molar-refractivity contribution in [3.63, 3.8) is 0 Å². The number of hydrogen-bond acceptors (Lipinski definition) is 2. The molecule has 0 aliphatic rings. The first kappa shape index (κ1) is 12.7. The van der Waals surface area contributed by atoms with Crippen LogP contribution in [0.4, 0.5) is 4.39 Å². The standard InChI is InChI=1S/C10H4Br2ClFN2O/c11-5-4-15-16(10(17)8(5)12)9-6(13)2-1-3-7(9)14/h1-4H. The van der Waals surface area contributed by atoms with E-state index in [1.54, 1.807) is 0 Å². The SMILES string of the molecule is O=c1c(Br)c(Br)cnn1-c1c(F)cccc1Cl. The van der Waals surface area contributed by atoms with E-state index in [0.717, 1.165) is 4.68 Å². The molecule has 2 rings (SSSR count). The molecule has 1 heterocycles. The molecule has 3 nitrogen and oxygen atoms in total. The lowest BCUT2D eigenvalue weighted by atomic mass is 10.3. The molecule has 1 aromatic carbocycles. The van der Waals surface area contributed by atoms with E-state index in [1.165, 1.54) is 24.4 Å². The van der Waals surface area contributed by atoms with Crippen LogP contribution in [0.1, 0.15) is 0 Å². The van der Waals surface area contributed by atoms with E-state index in [9.17, 15) is 9.18 Å². The van der Waals surface area contributed by atoms with Crippen molar-refractivity contribution in [3.8, 4) is 5.69 Å². The number of hydrogen-bond donors (Lipinski definition) is 0. The van der Waals surface area contributed by atoms with Gasteiger partial charge in [-0.3, -0.25) is 4.79 Å². The van der Waals surface area contributed by atoms with Gasteiger partial charge in [0.25, 0.3) is 5.56 Å². The smallest absolute Gasteiger partial charge is 0.266 e. The summed E-state index contributed by atoms with van der Waals surface area (Å²) in [6.07, 6.45) is 1.38. The number of nitrogens with zero attached hydrogens (tertiary/aromatic N) is 2. The predicted octanol–water partition coefficient (Wildman–Crippen LogP) is 3.55. The summed E-state index contributed by atoms with van der Waals surface area (Å²) in [5.41, 5.74) is -0.557. The number of halogens is 4. The number of para-hydroxylation sites is 1. The summed E-state index contributed by atoms with van der Waals surface area (Å²) in [5, 5.41) is 3.95. The maximum atomic E-state index is 13.6. The maximum absolute atomic E-state index is 13.6. The molecule has 0 N–H and O–H groups in total. The van der Waals surface area contributed by atoms with E-state index in [0.29, 0.717) is 4.47 Å². The second-order valence-corrected chi connectivity index (χ2v) is 5.15. The fourth-order valence-corrected chi connectivity index (χ4v) is 2.04. The molecular formula is C10H4Br2ClFN2O. The summed E-state index contributed by atoms with van der Waals surface area (Å²) in [4.78, 5) is 11.9. The first-order valence-electron chi connectivity index (χ1n) is 4.40. The van der Waals surface area contributed by atoms with E-state index < -0.39 is 11.4 Å². The highest BCUT2D eigenvalue weighted by molar-refractivity contribution is 9.13. The molecule has 88 valence electrons. The van der Waals surface area contributed by atoms with Gasteiger partial charge in [-0.2, -0.15) is 9.78 Å². The van der Waals surface area contributed by atoms with E-state index in [2.05, 4.69) is 37.0 Å². The van der Waals surface area contributed by atoms with Crippen LogP contribution in [0.15, 0.2) is 38.1 Å². The number of benzene rings is 1. The van der Waals surface area contributed by atoms with Crippen LogP contribution >= 0.6 is 43.5 Å². The average molecular weight is 382 g/mol. The van der Waals surface area contributed by atoms with Gasteiger partial charge in [-0.25, -0.2) is 4.39 Å². The summed E-state index contributed by atoms with van der Waals surface area (Å²) in [5.74, 6) is -0.610. The summed E-state index contributed by atoms with van der Waals surface area (Å²) >= 11 is 12.1. The van der Waals surface area contributed by atoms with E-state index in [1.807, 2.05) is 0 Å². The summed E-state index contributed by atoms with van der Waals surface area (Å²) < 4.78 is 15.3. The van der Waals surface area contributed by atoms with Crippen molar-refractivity contribution in [1.29, 1.82) is 0 Å². The molecule has 7 heteroatoms. The van der Waals surface area contributed by atoms with Gasteiger partial charge >= 0.3 is 0 Å². The molecule has 0 spiro atoms. The van der Waals surface area contributed by atoms with Crippen molar-refractivity contribution in [2.75, 3.05) is 0 Å². The summed E-state index contributed by atoms with van der Waals surface area (Å²) in [6, 6.07) is 4.16. The molecule has 0 aliphatic heterocycles. The largest absolute Gasteiger partial charge is 0.287 e. The van der Waals surface area contributed by atoms with Gasteiger partial charge in [0.05, 0.1) is 15.7 Å². The Morgan fingerprint density at radius 3 is 2.71 bits per heavy atom. The molecule has 0 unspecified atom stereocenters. The van der Waals surface area contributed by atoms with Gasteiger partial charge in [-0.15, -0.1) is 0 Å². The third-order valence-corrected chi connectivity index (χ3v) is 4.23. The van der Waals surface area contributed by atoms with Gasteiger partial charge in [0.1, 0.15) is 10.2 Å². The monoisotopic (exact) mass is 380 g/mol. The van der Waals surface area contributed by atoms with Crippen molar-refractivity contribution >= 4 is 43.5 Å². The van der Waals surface area contributed by atoms with Crippen molar-refractivity contribution in [1.82, 2.24) is 9.78 Å². The first-order chi connectivity index (χ1) is 8.02. The fourth-order valence-electron chi connectivity index (χ4n) is 1.26. The van der Waals surface area contributed by atoms with Gasteiger partial charge in [-0.05, 0) is 44.0 Å². The zero-order chi connectivity index (χ0) is 12.6. The van der Waals surface area contributed by atoms with Crippen LogP contribution in [0, 0.1) is 5.82 Å². The minimum Gasteiger partial charge on any atom is -0.266 e. The van der Waals surface area contributed by atoms with E-state index >= 15 is 0 Å². The Hall–Kier alpha value is -0.720. The molecule has 17 heavy (non-hydrogen) atoms. The predicted molar refractivity (Wildman–Crippen MR) is 70.2 cm³/mol. The Balaban J connectivity index is 2.79. The third kappa shape index (κ3) is 2.29. The fraction of sp³-hybridized carbons (Fsp3) is 0. The molecule has 1 aromatic heterocycles. The molecule has 0 amide bonds. The van der Waals surface area contributed by atoms with E-state index in [-0.39, 0.29) is 15.2 Å². The van der Waals surface area contributed by atoms with Crippen LogP contribution in [0.5, 0.6) is 0 Å². The molecule has 0 aliphatic carbocycles. The Bertz CT molecular complexity index is 624. The maximum Gasteiger partial charge on any atom is 0.287 e. The average Bonchev–Trinajstić information content (AvgIpc) is 2.29. The molecular weight excluding hydrogens is 378 g/mol.